The van der Waals surface area contributed by atoms with E-state index in [0.29, 0.717) is 25.2 Å². The van der Waals surface area contributed by atoms with Gasteiger partial charge in [0.25, 0.3) is 5.91 Å². The van der Waals surface area contributed by atoms with Gasteiger partial charge in [0.1, 0.15) is 0 Å². The van der Waals surface area contributed by atoms with Gasteiger partial charge in [-0.2, -0.15) is 13.2 Å². The van der Waals surface area contributed by atoms with Crippen LogP contribution in [0.25, 0.3) is 0 Å². The maximum Gasteiger partial charge on any atom is 0.416 e. The van der Waals surface area contributed by atoms with Crippen molar-refractivity contribution in [1.82, 2.24) is 9.97 Å². The Morgan fingerprint density at radius 1 is 1.13 bits per heavy atom. The number of nitrogens with zero attached hydrogens (tertiary/aromatic N) is 3. The second kappa shape index (κ2) is 7.66. The van der Waals surface area contributed by atoms with E-state index in [9.17, 15) is 18.0 Å². The number of hydrogen-bond donors (Lipinski definition) is 2. The van der Waals surface area contributed by atoms with Crippen LogP contribution in [-0.4, -0.2) is 22.4 Å². The normalized spacial score (nSPS) is 13.6. The lowest BCUT2D eigenvalue weighted by molar-refractivity contribution is -0.137. The average molecular weight is 413 g/mol. The molecule has 0 unspecified atom stereocenters. The number of aromatic nitrogens is 2. The van der Waals surface area contributed by atoms with Crippen molar-refractivity contribution in [2.75, 3.05) is 22.5 Å². The highest BCUT2D eigenvalue weighted by Gasteiger charge is 2.31. The molecule has 0 spiro atoms. The Morgan fingerprint density at radius 2 is 1.93 bits per heavy atom. The Kier molecular flexibility index (Phi) is 5.03. The molecule has 1 aliphatic rings. The molecular weight excluding hydrogens is 395 g/mol. The van der Waals surface area contributed by atoms with Gasteiger partial charge in [-0.15, -0.1) is 0 Å². The molecule has 0 saturated heterocycles. The number of benzene rings is 2. The largest absolute Gasteiger partial charge is 0.416 e. The molecule has 3 aromatic rings. The van der Waals surface area contributed by atoms with Crippen LogP contribution in [0.3, 0.4) is 0 Å². The summed E-state index contributed by atoms with van der Waals surface area (Å²) in [5.41, 5.74) is 7.99. The molecule has 0 radical (unpaired) electrons. The number of nitrogens with one attached hydrogen (secondary N) is 1. The predicted octanol–water partition coefficient (Wildman–Crippen LogP) is 3.89. The van der Waals surface area contributed by atoms with E-state index in [0.717, 1.165) is 29.1 Å². The van der Waals surface area contributed by atoms with Gasteiger partial charge in [0, 0.05) is 48.2 Å². The third-order valence-electron chi connectivity index (χ3n) is 4.87. The van der Waals surface area contributed by atoms with E-state index in [2.05, 4.69) is 20.2 Å². The number of hydrogen-bond acceptors (Lipinski definition) is 5. The van der Waals surface area contributed by atoms with Gasteiger partial charge in [0.05, 0.1) is 11.3 Å². The van der Waals surface area contributed by atoms with Gasteiger partial charge in [0.2, 0.25) is 5.95 Å². The number of fused-ring (bicyclic) bond motifs is 1. The van der Waals surface area contributed by atoms with Crippen LogP contribution in [-0.2, 0) is 19.1 Å². The fourth-order valence-corrected chi connectivity index (χ4v) is 3.37. The molecule has 2 heterocycles. The van der Waals surface area contributed by atoms with Crippen LogP contribution in [0.4, 0.5) is 30.5 Å². The number of anilines is 3. The molecule has 9 heteroatoms. The zero-order valence-electron chi connectivity index (χ0n) is 15.8. The molecule has 6 nitrogen and oxygen atoms in total. The molecule has 0 aliphatic carbocycles. The third-order valence-corrected chi connectivity index (χ3v) is 4.87. The highest BCUT2D eigenvalue weighted by atomic mass is 19.4. The molecule has 0 fully saturated rings. The second-order valence-corrected chi connectivity index (χ2v) is 6.95. The second-order valence-electron chi connectivity index (χ2n) is 6.95. The summed E-state index contributed by atoms with van der Waals surface area (Å²) in [6.45, 7) is 1.31. The van der Waals surface area contributed by atoms with Crippen molar-refractivity contribution in [2.45, 2.75) is 19.1 Å². The first-order valence-electron chi connectivity index (χ1n) is 9.23. The Labute approximate surface area is 170 Å². The van der Waals surface area contributed by atoms with E-state index >= 15 is 0 Å². The van der Waals surface area contributed by atoms with Gasteiger partial charge in [-0.1, -0.05) is 12.1 Å². The predicted molar refractivity (Wildman–Crippen MR) is 107 cm³/mol. The summed E-state index contributed by atoms with van der Waals surface area (Å²) in [7, 11) is 0. The molecule has 0 saturated carbocycles. The van der Waals surface area contributed by atoms with Crippen LogP contribution >= 0.6 is 0 Å². The number of nitrogens with two attached hydrogens (primary N) is 1. The van der Waals surface area contributed by atoms with Crippen molar-refractivity contribution in [1.29, 1.82) is 0 Å². The van der Waals surface area contributed by atoms with Crippen LogP contribution in [0.1, 0.15) is 27.2 Å². The molecule has 1 aliphatic heterocycles. The van der Waals surface area contributed by atoms with E-state index in [1.807, 2.05) is 6.07 Å². The Bertz CT molecular complexity index is 1100. The summed E-state index contributed by atoms with van der Waals surface area (Å²) in [6, 6.07) is 11.5. The molecule has 0 bridgehead atoms. The summed E-state index contributed by atoms with van der Waals surface area (Å²) < 4.78 is 38.7. The fourth-order valence-electron chi connectivity index (χ4n) is 3.37. The molecule has 4 rings (SSSR count). The van der Waals surface area contributed by atoms with Gasteiger partial charge in [-0.25, -0.2) is 9.97 Å². The number of carbonyl (C=O) groups is 1. The van der Waals surface area contributed by atoms with E-state index in [-0.39, 0.29) is 11.5 Å². The summed E-state index contributed by atoms with van der Waals surface area (Å²) in [5, 5.41) is 2.67. The Balaban J connectivity index is 1.50. The lowest BCUT2D eigenvalue weighted by atomic mass is 10.1. The number of alkyl halides is 3. The zero-order chi connectivity index (χ0) is 21.3. The van der Waals surface area contributed by atoms with Crippen molar-refractivity contribution < 1.29 is 18.0 Å². The molecule has 3 N–H and O–H groups in total. The van der Waals surface area contributed by atoms with E-state index in [1.165, 1.54) is 12.1 Å². The van der Waals surface area contributed by atoms with Crippen LogP contribution in [0.2, 0.25) is 0 Å². The zero-order valence-corrected chi connectivity index (χ0v) is 15.8. The summed E-state index contributed by atoms with van der Waals surface area (Å²) >= 11 is 0. The van der Waals surface area contributed by atoms with Gasteiger partial charge in [-0.3, -0.25) is 4.79 Å². The van der Waals surface area contributed by atoms with E-state index < -0.39 is 17.6 Å². The first kappa shape index (κ1) is 19.7. The highest BCUT2D eigenvalue weighted by Crippen LogP contribution is 2.30. The molecule has 1 aromatic heterocycles. The van der Waals surface area contributed by atoms with Gasteiger partial charge in [-0.05, 0) is 36.4 Å². The SMILES string of the molecule is Nc1ncc2c(n1)CCN(c1cccc(NC(=O)c3cccc(C(F)(F)F)c3)c1)C2. The minimum atomic E-state index is -4.50. The fraction of sp³-hybridized carbons (Fsp3) is 0.190. The van der Waals surface area contributed by atoms with Crippen LogP contribution in [0.15, 0.2) is 54.7 Å². The van der Waals surface area contributed by atoms with Crippen LogP contribution in [0, 0.1) is 0 Å². The highest BCUT2D eigenvalue weighted by molar-refractivity contribution is 6.04. The van der Waals surface area contributed by atoms with Gasteiger partial charge < -0.3 is 16.0 Å². The average Bonchev–Trinajstić information content (AvgIpc) is 2.73. The molecule has 2 aromatic carbocycles. The number of amides is 1. The maximum atomic E-state index is 12.9. The summed E-state index contributed by atoms with van der Waals surface area (Å²) in [5.74, 6) is -0.354. The van der Waals surface area contributed by atoms with Crippen molar-refractivity contribution in [3.8, 4) is 0 Å². The smallest absolute Gasteiger partial charge is 0.368 e. The quantitative estimate of drug-likeness (QED) is 0.681. The van der Waals surface area contributed by atoms with Crippen LogP contribution in [0.5, 0.6) is 0 Å². The van der Waals surface area contributed by atoms with Gasteiger partial charge in [0.15, 0.2) is 0 Å². The Morgan fingerprint density at radius 3 is 2.73 bits per heavy atom. The van der Waals surface area contributed by atoms with Gasteiger partial charge >= 0.3 is 6.18 Å². The molecule has 30 heavy (non-hydrogen) atoms. The van der Waals surface area contributed by atoms with Crippen molar-refractivity contribution in [3.63, 3.8) is 0 Å². The number of halogens is 3. The molecule has 0 atom stereocenters. The molecule has 154 valence electrons. The maximum absolute atomic E-state index is 12.9. The first-order valence-corrected chi connectivity index (χ1v) is 9.23. The van der Waals surface area contributed by atoms with E-state index in [1.54, 1.807) is 24.4 Å². The number of nitrogen functional groups attached to an aromatic ring is 1. The molecular formula is C21H18F3N5O. The van der Waals surface area contributed by atoms with E-state index in [4.69, 9.17) is 5.73 Å². The lowest BCUT2D eigenvalue weighted by Gasteiger charge is -2.30. The monoisotopic (exact) mass is 413 g/mol. The number of carbonyl (C=O) groups excluding carboxylic acids is 1. The standard InChI is InChI=1S/C21H18F3N5O/c22-21(23,24)15-4-1-3-13(9-15)19(30)27-16-5-2-6-17(10-16)29-8-7-18-14(12-29)11-26-20(25)28-18/h1-6,9-11H,7-8,12H2,(H,27,30)(H2,25,26,28). The topological polar surface area (TPSA) is 84.1 Å². The summed E-state index contributed by atoms with van der Waals surface area (Å²) in [4.78, 5) is 22.9. The minimum Gasteiger partial charge on any atom is -0.368 e. The van der Waals surface area contributed by atoms with Crippen molar-refractivity contribution in [3.05, 3.63) is 77.1 Å². The summed E-state index contributed by atoms with van der Waals surface area (Å²) in [6.07, 6.45) is -2.08. The third kappa shape index (κ3) is 4.19. The van der Waals surface area contributed by atoms with Crippen molar-refractivity contribution in [2.24, 2.45) is 0 Å². The lowest BCUT2D eigenvalue weighted by Crippen LogP contribution is -2.31. The van der Waals surface area contributed by atoms with Crippen molar-refractivity contribution >= 4 is 23.2 Å². The minimum absolute atomic E-state index is 0.0585. The Hall–Kier alpha value is -3.62. The van der Waals surface area contributed by atoms with Crippen LogP contribution < -0.4 is 16.0 Å². The first-order chi connectivity index (χ1) is 14.3. The number of rotatable bonds is 3. The molecule has 1 amide bonds.